The third-order valence-electron chi connectivity index (χ3n) is 4.16. The third kappa shape index (κ3) is 3.44. The van der Waals surface area contributed by atoms with E-state index >= 15 is 0 Å². The Bertz CT molecular complexity index is 928. The van der Waals surface area contributed by atoms with Gasteiger partial charge in [0.2, 0.25) is 0 Å². The number of carbonyl (C=O) groups is 1. The van der Waals surface area contributed by atoms with Gasteiger partial charge in [-0.05, 0) is 49.6 Å². The van der Waals surface area contributed by atoms with Gasteiger partial charge in [0, 0.05) is 23.3 Å². The maximum atomic E-state index is 12.7. The lowest BCUT2D eigenvalue weighted by molar-refractivity contribution is -0.140. The van der Waals surface area contributed by atoms with Gasteiger partial charge >= 0.3 is 5.97 Å². The molecule has 7 heteroatoms. The molecule has 0 unspecified atom stereocenters. The molecule has 2 heterocycles. The van der Waals surface area contributed by atoms with Crippen molar-refractivity contribution in [2.45, 2.75) is 26.2 Å². The van der Waals surface area contributed by atoms with E-state index in [9.17, 15) is 9.59 Å². The maximum Gasteiger partial charge on any atom is 0.305 e. The van der Waals surface area contributed by atoms with E-state index in [1.54, 1.807) is 30.5 Å². The summed E-state index contributed by atoms with van der Waals surface area (Å²) in [6.07, 6.45) is 3.26. The van der Waals surface area contributed by atoms with Gasteiger partial charge in [-0.3, -0.25) is 9.59 Å². The molecule has 25 heavy (non-hydrogen) atoms. The zero-order valence-electron chi connectivity index (χ0n) is 14.0. The van der Waals surface area contributed by atoms with Crippen LogP contribution in [0.4, 0.5) is 0 Å². The van der Waals surface area contributed by atoms with Gasteiger partial charge < -0.3 is 9.72 Å². The number of ether oxygens (including phenoxy) is 1. The smallest absolute Gasteiger partial charge is 0.305 e. The number of nitrogens with one attached hydrogen (secondary N) is 1. The zero-order chi connectivity index (χ0) is 18.0. The molecule has 0 spiro atoms. The predicted molar refractivity (Wildman–Crippen MR) is 95.5 cm³/mol. The quantitative estimate of drug-likeness (QED) is 0.710. The number of hydrogen-bond acceptors (Lipinski definition) is 4. The first kappa shape index (κ1) is 17.2. The van der Waals surface area contributed by atoms with E-state index in [1.807, 2.05) is 6.92 Å². The van der Waals surface area contributed by atoms with Crippen molar-refractivity contribution < 1.29 is 9.53 Å². The van der Waals surface area contributed by atoms with Crippen molar-refractivity contribution in [1.29, 1.82) is 0 Å². The number of carbonyl (C=O) groups excluding carboxylic acids is 1. The topological polar surface area (TPSA) is 77.0 Å². The molecule has 2 aliphatic rings. The summed E-state index contributed by atoms with van der Waals surface area (Å²) in [5.74, 6) is -0.245. The van der Waals surface area contributed by atoms with E-state index in [4.69, 9.17) is 11.6 Å². The Morgan fingerprint density at radius 1 is 1.32 bits per heavy atom. The number of hydrogen-bond donors (Lipinski definition) is 1. The number of nitrogens with zero attached hydrogens (tertiary/aromatic N) is 2. The number of aromatic amines is 1. The number of aromatic nitrogens is 3. The molecule has 0 aromatic heterocycles. The first-order chi connectivity index (χ1) is 12.0. The molecule has 0 radical (unpaired) electrons. The SMILES string of the molecule is COC(=O)CCCc1c2nn(-c3ccc(Cl)cc3)c(=O)c-2c[nH]c1C. The monoisotopic (exact) mass is 359 g/mol. The highest BCUT2D eigenvalue weighted by molar-refractivity contribution is 6.30. The van der Waals surface area contributed by atoms with Crippen molar-refractivity contribution in [2.75, 3.05) is 7.11 Å². The Morgan fingerprint density at radius 2 is 2.04 bits per heavy atom. The van der Waals surface area contributed by atoms with Gasteiger partial charge in [0.25, 0.3) is 5.56 Å². The van der Waals surface area contributed by atoms with Crippen LogP contribution in [0.5, 0.6) is 0 Å². The van der Waals surface area contributed by atoms with E-state index < -0.39 is 0 Å². The maximum absolute atomic E-state index is 12.7. The largest absolute Gasteiger partial charge is 0.469 e. The number of esters is 1. The molecule has 0 aliphatic carbocycles. The number of methoxy groups -OCH3 is 1. The second kappa shape index (κ2) is 7.11. The van der Waals surface area contributed by atoms with Crippen LogP contribution in [0.25, 0.3) is 16.9 Å². The molecular weight excluding hydrogens is 342 g/mol. The van der Waals surface area contributed by atoms with E-state index in [2.05, 4.69) is 14.8 Å². The van der Waals surface area contributed by atoms with Crippen LogP contribution in [-0.2, 0) is 16.0 Å². The fraction of sp³-hybridized carbons (Fsp3) is 0.278. The van der Waals surface area contributed by atoms with Gasteiger partial charge in [0.05, 0.1) is 18.4 Å². The van der Waals surface area contributed by atoms with Gasteiger partial charge in [0.15, 0.2) is 0 Å². The minimum Gasteiger partial charge on any atom is -0.469 e. The van der Waals surface area contributed by atoms with Crippen LogP contribution in [-0.4, -0.2) is 27.8 Å². The van der Waals surface area contributed by atoms with E-state index in [1.165, 1.54) is 11.8 Å². The van der Waals surface area contributed by atoms with Crippen molar-refractivity contribution in [3.05, 3.63) is 57.1 Å². The standard InChI is InChI=1S/C18H18ClN3O3/c1-11-14(4-3-5-16(23)25-2)17-15(10-20-11)18(24)22(21-17)13-8-6-12(19)7-9-13/h6-10,20H,3-5H2,1-2H3. The third-order valence-corrected chi connectivity index (χ3v) is 4.41. The number of fused-ring (bicyclic) bond motifs is 1. The summed E-state index contributed by atoms with van der Waals surface area (Å²) in [7, 11) is 1.37. The van der Waals surface area contributed by atoms with Crippen LogP contribution >= 0.6 is 11.6 Å². The fourth-order valence-corrected chi connectivity index (χ4v) is 2.91. The van der Waals surface area contributed by atoms with Crippen LogP contribution in [0.3, 0.4) is 0 Å². The molecule has 3 rings (SSSR count). The number of H-pyrrole nitrogens is 1. The Labute approximate surface area is 149 Å². The summed E-state index contributed by atoms with van der Waals surface area (Å²) in [6, 6.07) is 6.95. The summed E-state index contributed by atoms with van der Waals surface area (Å²) >= 11 is 5.91. The molecule has 0 amide bonds. The normalized spacial score (nSPS) is 11.0. The molecule has 2 aliphatic heterocycles. The molecule has 0 bridgehead atoms. The number of rotatable bonds is 5. The lowest BCUT2D eigenvalue weighted by Gasteiger charge is -2.09. The van der Waals surface area contributed by atoms with Crippen molar-refractivity contribution in [3.8, 4) is 16.9 Å². The van der Waals surface area contributed by atoms with E-state index in [-0.39, 0.29) is 11.5 Å². The van der Waals surface area contributed by atoms with Crippen LogP contribution < -0.4 is 5.56 Å². The van der Waals surface area contributed by atoms with Gasteiger partial charge in [-0.25, -0.2) is 0 Å². The van der Waals surface area contributed by atoms with Gasteiger partial charge in [0.1, 0.15) is 5.69 Å². The van der Waals surface area contributed by atoms with Crippen LogP contribution in [0.2, 0.25) is 5.02 Å². The average Bonchev–Trinajstić information content (AvgIpc) is 2.94. The van der Waals surface area contributed by atoms with Crippen molar-refractivity contribution >= 4 is 17.6 Å². The van der Waals surface area contributed by atoms with Crippen molar-refractivity contribution in [2.24, 2.45) is 0 Å². The molecular formula is C18H18ClN3O3. The number of aryl methyl sites for hydroxylation is 1. The predicted octanol–water partition coefficient (Wildman–Crippen LogP) is 3.12. The second-order valence-electron chi connectivity index (χ2n) is 5.78. The number of halogens is 1. The highest BCUT2D eigenvalue weighted by Gasteiger charge is 2.21. The molecule has 0 saturated carbocycles. The Balaban J connectivity index is 1.99. The Hall–Kier alpha value is -2.60. The zero-order valence-corrected chi connectivity index (χ0v) is 14.8. The van der Waals surface area contributed by atoms with E-state index in [0.29, 0.717) is 41.2 Å². The van der Waals surface area contributed by atoms with Gasteiger partial charge in [-0.1, -0.05) is 11.6 Å². The molecule has 0 saturated heterocycles. The minimum absolute atomic E-state index is 0.192. The average molecular weight is 360 g/mol. The highest BCUT2D eigenvalue weighted by Crippen LogP contribution is 2.25. The van der Waals surface area contributed by atoms with Crippen LogP contribution in [0, 0.1) is 6.92 Å². The highest BCUT2D eigenvalue weighted by atomic mass is 35.5. The van der Waals surface area contributed by atoms with Crippen molar-refractivity contribution in [3.63, 3.8) is 0 Å². The first-order valence-electron chi connectivity index (χ1n) is 7.94. The molecule has 130 valence electrons. The Morgan fingerprint density at radius 3 is 2.72 bits per heavy atom. The fourth-order valence-electron chi connectivity index (χ4n) is 2.79. The summed E-state index contributed by atoms with van der Waals surface area (Å²) in [5, 5.41) is 5.11. The van der Waals surface area contributed by atoms with Crippen LogP contribution in [0.15, 0.2) is 35.3 Å². The summed E-state index contributed by atoms with van der Waals surface area (Å²) in [6.45, 7) is 1.93. The lowest BCUT2D eigenvalue weighted by Crippen LogP contribution is -2.14. The molecule has 1 N–H and O–H groups in total. The first-order valence-corrected chi connectivity index (χ1v) is 8.31. The summed E-state index contributed by atoms with van der Waals surface area (Å²) in [4.78, 5) is 27.1. The number of benzene rings is 1. The second-order valence-corrected chi connectivity index (χ2v) is 6.21. The molecule has 0 atom stereocenters. The molecule has 1 aromatic rings. The Kier molecular flexibility index (Phi) is 4.90. The number of pyridine rings is 1. The lowest BCUT2D eigenvalue weighted by atomic mass is 10.0. The summed E-state index contributed by atoms with van der Waals surface area (Å²) < 4.78 is 6.04. The van der Waals surface area contributed by atoms with Gasteiger partial charge in [-0.15, -0.1) is 0 Å². The van der Waals surface area contributed by atoms with Crippen LogP contribution in [0.1, 0.15) is 24.1 Å². The molecule has 1 aromatic carbocycles. The molecule has 6 nitrogen and oxygen atoms in total. The minimum atomic E-state index is -0.245. The van der Waals surface area contributed by atoms with Gasteiger partial charge in [-0.2, -0.15) is 9.78 Å². The summed E-state index contributed by atoms with van der Waals surface area (Å²) in [5.41, 5.74) is 3.51. The van der Waals surface area contributed by atoms with Crippen molar-refractivity contribution in [1.82, 2.24) is 14.8 Å². The van der Waals surface area contributed by atoms with E-state index in [0.717, 1.165) is 11.3 Å². The molecule has 0 fully saturated rings.